The summed E-state index contributed by atoms with van der Waals surface area (Å²) in [5.74, 6) is -3.92. The van der Waals surface area contributed by atoms with Gasteiger partial charge in [0.15, 0.2) is 11.2 Å². The fraction of sp³-hybridized carbons (Fsp3) is 0.667. The first kappa shape index (κ1) is 19.1. The Morgan fingerprint density at radius 3 is 2.28 bits per heavy atom. The summed E-state index contributed by atoms with van der Waals surface area (Å²) in [6, 6.07) is 0. The van der Waals surface area contributed by atoms with Crippen molar-refractivity contribution in [2.75, 3.05) is 20.3 Å². The lowest BCUT2D eigenvalue weighted by Gasteiger charge is -2.41. The maximum absolute atomic E-state index is 12.8. The van der Waals surface area contributed by atoms with E-state index in [0.717, 1.165) is 0 Å². The molecule has 0 spiro atoms. The van der Waals surface area contributed by atoms with Crippen molar-refractivity contribution < 1.29 is 33.4 Å². The molecule has 2 atom stereocenters. The molecule has 1 fully saturated rings. The third-order valence-corrected chi connectivity index (χ3v) is 4.90. The summed E-state index contributed by atoms with van der Waals surface area (Å²) >= 11 is 0. The highest BCUT2D eigenvalue weighted by Gasteiger charge is 2.61. The molecule has 0 bridgehead atoms. The number of hydrogen-bond donors (Lipinski definition) is 0. The number of allylic oxidation sites excluding steroid dienone is 1. The summed E-state index contributed by atoms with van der Waals surface area (Å²) in [4.78, 5) is 50.2. The van der Waals surface area contributed by atoms with Crippen LogP contribution in [-0.4, -0.2) is 44.0 Å². The van der Waals surface area contributed by atoms with Crippen LogP contribution >= 0.6 is 0 Å². The predicted molar refractivity (Wildman–Crippen MR) is 86.3 cm³/mol. The second kappa shape index (κ2) is 7.80. The second-order valence-electron chi connectivity index (χ2n) is 6.25. The summed E-state index contributed by atoms with van der Waals surface area (Å²) in [7, 11) is 1.18. The molecular weight excluding hydrogens is 328 g/mol. The van der Waals surface area contributed by atoms with Gasteiger partial charge in [0.05, 0.1) is 20.3 Å². The number of Topliss-reactive ketones (excluding diaryl/α,β-unsaturated/α-hetero) is 1. The first-order chi connectivity index (χ1) is 11.9. The molecule has 0 aliphatic heterocycles. The molecule has 2 aliphatic carbocycles. The molecule has 2 aliphatic rings. The lowest BCUT2D eigenvalue weighted by molar-refractivity contribution is -0.183. The Hall–Kier alpha value is -2.18. The Balaban J connectivity index is 2.60. The molecule has 2 unspecified atom stereocenters. The average molecular weight is 352 g/mol. The van der Waals surface area contributed by atoms with Crippen LogP contribution in [0, 0.1) is 17.3 Å². The SMILES string of the molecule is CCOC(=O)C1(C(=O)OCC)CC2CCCC(=O)C2=CC1C(=O)OC. The lowest BCUT2D eigenvalue weighted by atomic mass is 9.60. The van der Waals surface area contributed by atoms with Crippen molar-refractivity contribution in [1.82, 2.24) is 0 Å². The number of ketones is 1. The molecule has 0 aromatic carbocycles. The molecule has 25 heavy (non-hydrogen) atoms. The van der Waals surface area contributed by atoms with Crippen LogP contribution in [0.15, 0.2) is 11.6 Å². The summed E-state index contributed by atoms with van der Waals surface area (Å²) in [6.07, 6.45) is 3.21. The predicted octanol–water partition coefficient (Wildman–Crippen LogP) is 1.59. The van der Waals surface area contributed by atoms with E-state index in [2.05, 4.69) is 0 Å². The van der Waals surface area contributed by atoms with Crippen LogP contribution in [0.2, 0.25) is 0 Å². The zero-order valence-electron chi connectivity index (χ0n) is 14.8. The first-order valence-corrected chi connectivity index (χ1v) is 8.59. The van der Waals surface area contributed by atoms with Crippen molar-refractivity contribution in [2.24, 2.45) is 17.3 Å². The van der Waals surface area contributed by atoms with Gasteiger partial charge in [-0.1, -0.05) is 6.08 Å². The van der Waals surface area contributed by atoms with Crippen LogP contribution < -0.4 is 0 Å². The van der Waals surface area contributed by atoms with Crippen molar-refractivity contribution in [3.63, 3.8) is 0 Å². The van der Waals surface area contributed by atoms with Crippen molar-refractivity contribution in [3.05, 3.63) is 11.6 Å². The molecule has 7 heteroatoms. The third kappa shape index (κ3) is 3.32. The molecule has 1 saturated carbocycles. The van der Waals surface area contributed by atoms with Gasteiger partial charge in [0, 0.05) is 6.42 Å². The quantitative estimate of drug-likeness (QED) is 0.421. The normalized spacial score (nSPS) is 24.6. The maximum Gasteiger partial charge on any atom is 0.324 e. The Kier molecular flexibility index (Phi) is 5.98. The summed E-state index contributed by atoms with van der Waals surface area (Å²) in [5.41, 5.74) is -1.31. The summed E-state index contributed by atoms with van der Waals surface area (Å²) in [5, 5.41) is 0. The fourth-order valence-corrected chi connectivity index (χ4v) is 3.73. The number of methoxy groups -OCH3 is 1. The smallest absolute Gasteiger partial charge is 0.324 e. The van der Waals surface area contributed by atoms with E-state index < -0.39 is 29.2 Å². The highest BCUT2D eigenvalue weighted by atomic mass is 16.6. The van der Waals surface area contributed by atoms with E-state index in [1.165, 1.54) is 13.2 Å². The topological polar surface area (TPSA) is 96.0 Å². The number of fused-ring (bicyclic) bond motifs is 1. The first-order valence-electron chi connectivity index (χ1n) is 8.59. The van der Waals surface area contributed by atoms with E-state index in [1.54, 1.807) is 13.8 Å². The number of hydrogen-bond acceptors (Lipinski definition) is 7. The van der Waals surface area contributed by atoms with E-state index in [-0.39, 0.29) is 31.3 Å². The Morgan fingerprint density at radius 1 is 1.16 bits per heavy atom. The molecular formula is C18H24O7. The number of carbonyl (C=O) groups is 4. The van der Waals surface area contributed by atoms with Crippen LogP contribution in [0.3, 0.4) is 0 Å². The Morgan fingerprint density at radius 2 is 1.76 bits per heavy atom. The Labute approximate surface area is 146 Å². The molecule has 0 aromatic rings. The van der Waals surface area contributed by atoms with E-state index in [4.69, 9.17) is 14.2 Å². The van der Waals surface area contributed by atoms with Crippen LogP contribution in [0.4, 0.5) is 0 Å². The molecule has 0 aromatic heterocycles. The van der Waals surface area contributed by atoms with E-state index in [1.807, 2.05) is 0 Å². The fourth-order valence-electron chi connectivity index (χ4n) is 3.73. The maximum atomic E-state index is 12.8. The van der Waals surface area contributed by atoms with Crippen LogP contribution in [0.1, 0.15) is 39.5 Å². The van der Waals surface area contributed by atoms with Crippen LogP contribution in [0.25, 0.3) is 0 Å². The molecule has 0 saturated heterocycles. The van der Waals surface area contributed by atoms with Gasteiger partial charge in [-0.05, 0) is 44.6 Å². The number of esters is 3. The monoisotopic (exact) mass is 352 g/mol. The van der Waals surface area contributed by atoms with Crippen molar-refractivity contribution in [1.29, 1.82) is 0 Å². The second-order valence-corrected chi connectivity index (χ2v) is 6.25. The summed E-state index contributed by atoms with van der Waals surface area (Å²) in [6.45, 7) is 3.37. The minimum atomic E-state index is -1.81. The zero-order chi connectivity index (χ0) is 18.6. The van der Waals surface area contributed by atoms with Gasteiger partial charge in [0.2, 0.25) is 0 Å². The highest BCUT2D eigenvalue weighted by molar-refractivity contribution is 6.07. The van der Waals surface area contributed by atoms with Gasteiger partial charge in [0.1, 0.15) is 5.92 Å². The van der Waals surface area contributed by atoms with Gasteiger partial charge in [0.25, 0.3) is 0 Å². The van der Waals surface area contributed by atoms with Crippen molar-refractivity contribution in [2.45, 2.75) is 39.5 Å². The number of carbonyl (C=O) groups excluding carboxylic acids is 4. The Bertz CT molecular complexity index is 587. The molecule has 138 valence electrons. The number of rotatable bonds is 5. The van der Waals surface area contributed by atoms with Crippen LogP contribution in [0.5, 0.6) is 0 Å². The van der Waals surface area contributed by atoms with Crippen molar-refractivity contribution >= 4 is 23.7 Å². The third-order valence-electron chi connectivity index (χ3n) is 4.90. The van der Waals surface area contributed by atoms with Gasteiger partial charge >= 0.3 is 17.9 Å². The molecule has 2 rings (SSSR count). The zero-order valence-corrected chi connectivity index (χ0v) is 14.8. The van der Waals surface area contributed by atoms with Gasteiger partial charge in [-0.2, -0.15) is 0 Å². The molecule has 0 N–H and O–H groups in total. The molecule has 0 heterocycles. The highest BCUT2D eigenvalue weighted by Crippen LogP contribution is 2.49. The average Bonchev–Trinajstić information content (AvgIpc) is 2.60. The summed E-state index contributed by atoms with van der Waals surface area (Å²) < 4.78 is 15.1. The van der Waals surface area contributed by atoms with Gasteiger partial charge < -0.3 is 14.2 Å². The van der Waals surface area contributed by atoms with Gasteiger partial charge in [-0.25, -0.2) is 0 Å². The molecule has 0 radical (unpaired) electrons. The van der Waals surface area contributed by atoms with Gasteiger partial charge in [-0.3, -0.25) is 19.2 Å². The van der Waals surface area contributed by atoms with E-state index >= 15 is 0 Å². The van der Waals surface area contributed by atoms with Gasteiger partial charge in [-0.15, -0.1) is 0 Å². The largest absolute Gasteiger partial charge is 0.469 e. The van der Waals surface area contributed by atoms with Crippen LogP contribution in [-0.2, 0) is 33.4 Å². The molecule has 0 amide bonds. The minimum absolute atomic E-state index is 0.0159. The van der Waals surface area contributed by atoms with E-state index in [0.29, 0.717) is 24.8 Å². The molecule has 7 nitrogen and oxygen atoms in total. The van der Waals surface area contributed by atoms with E-state index in [9.17, 15) is 19.2 Å². The van der Waals surface area contributed by atoms with Crippen molar-refractivity contribution in [3.8, 4) is 0 Å². The minimum Gasteiger partial charge on any atom is -0.469 e. The lowest BCUT2D eigenvalue weighted by Crippen LogP contribution is -2.54. The number of ether oxygens (including phenoxy) is 3. The standard InChI is InChI=1S/C18H24O7/c1-4-24-16(21)18(17(22)25-5-2)10-11-7-6-8-14(19)12(11)9-13(18)15(20)23-3/h9,11,13H,4-8,10H2,1-3H3.